The lowest BCUT2D eigenvalue weighted by atomic mass is 9.84. The van der Waals surface area contributed by atoms with Crippen molar-refractivity contribution in [3.63, 3.8) is 0 Å². The van der Waals surface area contributed by atoms with Gasteiger partial charge in [0.2, 0.25) is 5.91 Å². The van der Waals surface area contributed by atoms with Gasteiger partial charge in [-0.15, -0.1) is 11.3 Å². The molecule has 2 amide bonds. The molecule has 24 heavy (non-hydrogen) atoms. The molecule has 0 bridgehead atoms. The van der Waals surface area contributed by atoms with Crippen molar-refractivity contribution in [3.8, 4) is 0 Å². The highest BCUT2D eigenvalue weighted by Gasteiger charge is 2.27. The lowest BCUT2D eigenvalue weighted by Crippen LogP contribution is -2.21. The number of primary amides is 1. The van der Waals surface area contributed by atoms with E-state index in [-0.39, 0.29) is 11.3 Å². The van der Waals surface area contributed by atoms with Gasteiger partial charge in [0, 0.05) is 11.3 Å². The van der Waals surface area contributed by atoms with E-state index in [2.05, 4.69) is 39.9 Å². The number of hydrogen-bond donors (Lipinski definition) is 2. The molecule has 0 aliphatic heterocycles. The minimum atomic E-state index is -0.430. The van der Waals surface area contributed by atoms with E-state index in [0.717, 1.165) is 31.2 Å². The molecule has 0 spiro atoms. The molecule has 5 heteroatoms. The number of carbonyl (C=O) groups excluding carboxylic acids is 2. The minimum Gasteiger partial charge on any atom is -0.365 e. The molecule has 1 aromatic heterocycles. The van der Waals surface area contributed by atoms with Crippen LogP contribution in [0.5, 0.6) is 0 Å². The van der Waals surface area contributed by atoms with Crippen LogP contribution in [-0.4, -0.2) is 11.8 Å². The quantitative estimate of drug-likeness (QED) is 0.827. The lowest BCUT2D eigenvalue weighted by Gasteiger charge is -2.22. The van der Waals surface area contributed by atoms with Crippen LogP contribution in [-0.2, 0) is 17.6 Å². The van der Waals surface area contributed by atoms with E-state index in [9.17, 15) is 9.59 Å². The second-order valence-corrected chi connectivity index (χ2v) is 9.65. The maximum absolute atomic E-state index is 12.4. The van der Waals surface area contributed by atoms with Crippen LogP contribution < -0.4 is 11.1 Å². The van der Waals surface area contributed by atoms with Crippen molar-refractivity contribution in [2.75, 3.05) is 5.32 Å². The molecule has 0 saturated heterocycles. The van der Waals surface area contributed by atoms with E-state index in [1.165, 1.54) is 16.2 Å². The Balaban J connectivity index is 2.12. The second-order valence-electron chi connectivity index (χ2n) is 8.54. The Bertz CT molecular complexity index is 628. The number of amides is 2. The SMILES string of the molecule is CC1CCc2c(sc(NC(=O)CC(C)CC(C)(C)C)c2C(N)=O)C1. The fourth-order valence-electron chi connectivity index (χ4n) is 3.71. The van der Waals surface area contributed by atoms with Gasteiger partial charge in [-0.2, -0.15) is 0 Å². The van der Waals surface area contributed by atoms with Gasteiger partial charge in [0.15, 0.2) is 0 Å². The van der Waals surface area contributed by atoms with Crippen LogP contribution in [0.1, 0.15) is 74.7 Å². The molecule has 0 fully saturated rings. The molecule has 0 aromatic carbocycles. The summed E-state index contributed by atoms with van der Waals surface area (Å²) < 4.78 is 0. The summed E-state index contributed by atoms with van der Waals surface area (Å²) in [5.41, 5.74) is 7.40. The fraction of sp³-hybridized carbons (Fsp3) is 0.684. The highest BCUT2D eigenvalue weighted by atomic mass is 32.1. The molecule has 1 aliphatic carbocycles. The Kier molecular flexibility index (Phi) is 5.74. The highest BCUT2D eigenvalue weighted by molar-refractivity contribution is 7.17. The molecule has 0 saturated carbocycles. The van der Waals surface area contributed by atoms with Crippen molar-refractivity contribution in [1.29, 1.82) is 0 Å². The van der Waals surface area contributed by atoms with Gasteiger partial charge < -0.3 is 11.1 Å². The Morgan fingerprint density at radius 2 is 2.04 bits per heavy atom. The number of thiophene rings is 1. The first kappa shape index (κ1) is 19.0. The maximum atomic E-state index is 12.4. The number of hydrogen-bond acceptors (Lipinski definition) is 3. The largest absolute Gasteiger partial charge is 0.365 e. The summed E-state index contributed by atoms with van der Waals surface area (Å²) in [6.45, 7) is 10.9. The van der Waals surface area contributed by atoms with Crippen molar-refractivity contribution in [2.45, 2.75) is 66.7 Å². The molecule has 2 atom stereocenters. The summed E-state index contributed by atoms with van der Waals surface area (Å²) in [5.74, 6) is 0.463. The van der Waals surface area contributed by atoms with Crippen molar-refractivity contribution >= 4 is 28.2 Å². The number of nitrogens with one attached hydrogen (secondary N) is 1. The first-order chi connectivity index (χ1) is 11.1. The zero-order chi connectivity index (χ0) is 18.1. The maximum Gasteiger partial charge on any atom is 0.251 e. The summed E-state index contributed by atoms with van der Waals surface area (Å²) in [6.07, 6.45) is 4.37. The van der Waals surface area contributed by atoms with E-state index in [0.29, 0.717) is 28.8 Å². The molecule has 0 radical (unpaired) electrons. The van der Waals surface area contributed by atoms with Crippen LogP contribution in [0.3, 0.4) is 0 Å². The summed E-state index contributed by atoms with van der Waals surface area (Å²) >= 11 is 1.53. The fourth-order valence-corrected chi connectivity index (χ4v) is 5.14. The van der Waals surface area contributed by atoms with Crippen LogP contribution in [0.4, 0.5) is 5.00 Å². The van der Waals surface area contributed by atoms with Gasteiger partial charge in [-0.05, 0) is 48.5 Å². The van der Waals surface area contributed by atoms with Crippen LogP contribution >= 0.6 is 11.3 Å². The van der Waals surface area contributed by atoms with Crippen molar-refractivity contribution < 1.29 is 9.59 Å². The van der Waals surface area contributed by atoms with Gasteiger partial charge in [0.25, 0.3) is 5.91 Å². The summed E-state index contributed by atoms with van der Waals surface area (Å²) in [4.78, 5) is 25.5. The highest BCUT2D eigenvalue weighted by Crippen LogP contribution is 2.39. The average Bonchev–Trinajstić information content (AvgIpc) is 2.72. The first-order valence-electron chi connectivity index (χ1n) is 8.81. The van der Waals surface area contributed by atoms with Gasteiger partial charge in [-0.1, -0.05) is 34.6 Å². The number of anilines is 1. The molecule has 1 aromatic rings. The zero-order valence-electron chi connectivity index (χ0n) is 15.5. The summed E-state index contributed by atoms with van der Waals surface area (Å²) in [5, 5.41) is 3.61. The van der Waals surface area contributed by atoms with Crippen LogP contribution in [0, 0.1) is 17.3 Å². The van der Waals surface area contributed by atoms with Crippen molar-refractivity contribution in [1.82, 2.24) is 0 Å². The van der Waals surface area contributed by atoms with Crippen LogP contribution in [0.25, 0.3) is 0 Å². The third-order valence-corrected chi connectivity index (χ3v) is 5.68. The monoisotopic (exact) mass is 350 g/mol. The Labute approximate surface area is 149 Å². The predicted molar refractivity (Wildman–Crippen MR) is 101 cm³/mol. The molecular formula is C19H30N2O2S. The predicted octanol–water partition coefficient (Wildman–Crippen LogP) is 4.37. The van der Waals surface area contributed by atoms with Gasteiger partial charge in [-0.3, -0.25) is 9.59 Å². The number of fused-ring (bicyclic) bond motifs is 1. The van der Waals surface area contributed by atoms with E-state index in [1.807, 2.05) is 0 Å². The van der Waals surface area contributed by atoms with E-state index in [1.54, 1.807) is 0 Å². The molecule has 3 N–H and O–H groups in total. The van der Waals surface area contributed by atoms with Gasteiger partial charge in [0.1, 0.15) is 5.00 Å². The van der Waals surface area contributed by atoms with Crippen molar-refractivity contribution in [3.05, 3.63) is 16.0 Å². The zero-order valence-corrected chi connectivity index (χ0v) is 16.3. The normalized spacial score (nSPS) is 18.8. The van der Waals surface area contributed by atoms with Gasteiger partial charge in [-0.25, -0.2) is 0 Å². The van der Waals surface area contributed by atoms with Crippen LogP contribution in [0.2, 0.25) is 0 Å². The van der Waals surface area contributed by atoms with Gasteiger partial charge in [0.05, 0.1) is 5.56 Å². The Morgan fingerprint density at radius 1 is 1.38 bits per heavy atom. The standard InChI is InChI=1S/C19H30N2O2S/c1-11-6-7-13-14(8-11)24-18(16(13)17(20)23)21-15(22)9-12(2)10-19(3,4)5/h11-12H,6-10H2,1-5H3,(H2,20,23)(H,21,22). The van der Waals surface area contributed by atoms with E-state index in [4.69, 9.17) is 5.73 Å². The molecule has 2 rings (SSSR count). The third-order valence-electron chi connectivity index (χ3n) is 4.51. The molecule has 2 unspecified atom stereocenters. The molecule has 1 aliphatic rings. The molecule has 4 nitrogen and oxygen atoms in total. The molecule has 134 valence electrons. The van der Waals surface area contributed by atoms with E-state index < -0.39 is 5.91 Å². The molecular weight excluding hydrogens is 320 g/mol. The van der Waals surface area contributed by atoms with Crippen LogP contribution in [0.15, 0.2) is 0 Å². The van der Waals surface area contributed by atoms with Gasteiger partial charge >= 0.3 is 0 Å². The number of rotatable bonds is 5. The smallest absolute Gasteiger partial charge is 0.251 e. The summed E-state index contributed by atoms with van der Waals surface area (Å²) in [7, 11) is 0. The number of nitrogens with two attached hydrogens (primary N) is 1. The van der Waals surface area contributed by atoms with Crippen molar-refractivity contribution in [2.24, 2.45) is 23.0 Å². The van der Waals surface area contributed by atoms with E-state index >= 15 is 0 Å². The number of carbonyl (C=O) groups is 2. The lowest BCUT2D eigenvalue weighted by molar-refractivity contribution is -0.117. The average molecular weight is 351 g/mol. The first-order valence-corrected chi connectivity index (χ1v) is 9.62. The second kappa shape index (κ2) is 7.26. The Morgan fingerprint density at radius 3 is 2.62 bits per heavy atom. The molecule has 1 heterocycles. The summed E-state index contributed by atoms with van der Waals surface area (Å²) in [6, 6.07) is 0. The third kappa shape index (κ3) is 4.82. The topological polar surface area (TPSA) is 72.2 Å². The Hall–Kier alpha value is -1.36. The minimum absolute atomic E-state index is 0.0269.